The van der Waals surface area contributed by atoms with Crippen LogP contribution in [0.4, 0.5) is 0 Å². The van der Waals surface area contributed by atoms with Gasteiger partial charge in [-0.1, -0.05) is 30.3 Å². The molecule has 0 aliphatic carbocycles. The summed E-state index contributed by atoms with van der Waals surface area (Å²) >= 11 is 0. The Hall–Kier alpha value is -2.27. The van der Waals surface area contributed by atoms with Crippen molar-refractivity contribution in [3.63, 3.8) is 0 Å². The van der Waals surface area contributed by atoms with Crippen molar-refractivity contribution in [3.05, 3.63) is 59.7 Å². The van der Waals surface area contributed by atoms with E-state index in [0.29, 0.717) is 11.7 Å². The zero-order chi connectivity index (χ0) is 16.2. The Balaban J connectivity index is 1.57. The number of likely N-dealkylation sites (tertiary alicyclic amines) is 1. The lowest BCUT2D eigenvalue weighted by Gasteiger charge is -2.24. The number of hydrogen-bond acceptors (Lipinski definition) is 4. The largest absolute Gasteiger partial charge is 0.347 e. The second kappa shape index (κ2) is 6.87. The van der Waals surface area contributed by atoms with Crippen LogP contribution in [-0.2, 0) is 0 Å². The number of carbonyl (C=O) groups excluding carboxylic acids is 1. The number of nitrogens with zero attached hydrogens (tertiary/aromatic N) is 3. The van der Waals surface area contributed by atoms with Crippen LogP contribution >= 0.6 is 0 Å². The van der Waals surface area contributed by atoms with Crippen molar-refractivity contribution in [2.75, 3.05) is 13.1 Å². The van der Waals surface area contributed by atoms with Gasteiger partial charge in [0.05, 0.1) is 11.9 Å². The van der Waals surface area contributed by atoms with Gasteiger partial charge in [0.15, 0.2) is 0 Å². The summed E-state index contributed by atoms with van der Waals surface area (Å²) in [5.74, 6) is -0.142. The van der Waals surface area contributed by atoms with Gasteiger partial charge in [-0.3, -0.25) is 14.7 Å². The molecule has 1 amide bonds. The molecule has 1 aromatic heterocycles. The van der Waals surface area contributed by atoms with E-state index < -0.39 is 0 Å². The minimum absolute atomic E-state index is 0.142. The summed E-state index contributed by atoms with van der Waals surface area (Å²) in [6, 6.07) is 11.0. The first kappa shape index (κ1) is 15.6. The van der Waals surface area contributed by atoms with Crippen LogP contribution in [0.1, 0.15) is 41.1 Å². The standard InChI is InChI=1S/C18H22N4O/c1-13-10-20-17(11-19-13)18(23)21-16-8-9-22(12-16)14(2)15-6-4-3-5-7-15/h3-7,10-11,14,16H,8-9,12H2,1-2H3,(H,21,23)/t14-,16-/m1/s1. The molecule has 0 saturated carbocycles. The van der Waals surface area contributed by atoms with Crippen LogP contribution in [0.15, 0.2) is 42.7 Å². The molecule has 5 nitrogen and oxygen atoms in total. The number of aromatic nitrogens is 2. The highest BCUT2D eigenvalue weighted by Gasteiger charge is 2.28. The lowest BCUT2D eigenvalue weighted by atomic mass is 10.1. The predicted molar refractivity (Wildman–Crippen MR) is 89.1 cm³/mol. The molecule has 1 aromatic carbocycles. The molecular weight excluding hydrogens is 288 g/mol. The fraction of sp³-hybridized carbons (Fsp3) is 0.389. The first-order valence-electron chi connectivity index (χ1n) is 8.02. The van der Waals surface area contributed by atoms with E-state index in [1.165, 1.54) is 11.8 Å². The summed E-state index contributed by atoms with van der Waals surface area (Å²) in [7, 11) is 0. The van der Waals surface area contributed by atoms with E-state index in [2.05, 4.69) is 51.4 Å². The maximum atomic E-state index is 12.2. The molecule has 2 heterocycles. The van der Waals surface area contributed by atoms with Crippen molar-refractivity contribution in [2.45, 2.75) is 32.4 Å². The van der Waals surface area contributed by atoms with Gasteiger partial charge in [-0.25, -0.2) is 4.98 Å². The summed E-state index contributed by atoms with van der Waals surface area (Å²) in [5, 5.41) is 3.07. The maximum absolute atomic E-state index is 12.2. The van der Waals surface area contributed by atoms with Crippen molar-refractivity contribution in [2.24, 2.45) is 0 Å². The molecule has 1 N–H and O–H groups in total. The van der Waals surface area contributed by atoms with Gasteiger partial charge >= 0.3 is 0 Å². The van der Waals surface area contributed by atoms with Crippen LogP contribution in [0.3, 0.4) is 0 Å². The highest BCUT2D eigenvalue weighted by molar-refractivity contribution is 5.92. The predicted octanol–water partition coefficient (Wildman–Crippen LogP) is 2.35. The summed E-state index contributed by atoms with van der Waals surface area (Å²) in [6.45, 7) is 5.92. The molecule has 0 radical (unpaired) electrons. The second-order valence-corrected chi connectivity index (χ2v) is 6.08. The fourth-order valence-electron chi connectivity index (χ4n) is 2.97. The number of amides is 1. The highest BCUT2D eigenvalue weighted by atomic mass is 16.2. The monoisotopic (exact) mass is 310 g/mol. The number of rotatable bonds is 4. The van der Waals surface area contributed by atoms with Crippen LogP contribution < -0.4 is 5.32 Å². The molecule has 23 heavy (non-hydrogen) atoms. The van der Waals surface area contributed by atoms with Crippen molar-refractivity contribution in [1.82, 2.24) is 20.2 Å². The average molecular weight is 310 g/mol. The van der Waals surface area contributed by atoms with Crippen LogP contribution in [0.2, 0.25) is 0 Å². The van der Waals surface area contributed by atoms with Crippen molar-refractivity contribution >= 4 is 5.91 Å². The SMILES string of the molecule is Cc1cnc(C(=O)N[C@@H]2CCN([C@H](C)c3ccccc3)C2)cn1. The Morgan fingerprint density at radius 2 is 2.04 bits per heavy atom. The molecule has 120 valence electrons. The molecule has 5 heteroatoms. The second-order valence-electron chi connectivity index (χ2n) is 6.08. The van der Waals surface area contributed by atoms with Gasteiger partial charge in [-0.2, -0.15) is 0 Å². The van der Waals surface area contributed by atoms with Crippen LogP contribution in [0, 0.1) is 6.92 Å². The summed E-state index contributed by atoms with van der Waals surface area (Å²) in [4.78, 5) is 22.9. The molecule has 2 aromatic rings. The zero-order valence-electron chi connectivity index (χ0n) is 13.6. The van der Waals surface area contributed by atoms with Crippen molar-refractivity contribution in [1.29, 1.82) is 0 Å². The lowest BCUT2D eigenvalue weighted by molar-refractivity contribution is 0.0931. The number of carbonyl (C=O) groups is 1. The minimum atomic E-state index is -0.142. The summed E-state index contributed by atoms with van der Waals surface area (Å²) in [6.07, 6.45) is 4.11. The van der Waals surface area contributed by atoms with Crippen LogP contribution in [0.5, 0.6) is 0 Å². The topological polar surface area (TPSA) is 58.1 Å². The van der Waals surface area contributed by atoms with E-state index in [0.717, 1.165) is 25.2 Å². The van der Waals surface area contributed by atoms with Gasteiger partial charge in [-0.05, 0) is 25.8 Å². The van der Waals surface area contributed by atoms with Gasteiger partial charge in [0.1, 0.15) is 5.69 Å². The Kier molecular flexibility index (Phi) is 4.67. The van der Waals surface area contributed by atoms with Gasteiger partial charge < -0.3 is 5.32 Å². The Morgan fingerprint density at radius 3 is 2.74 bits per heavy atom. The smallest absolute Gasteiger partial charge is 0.271 e. The van der Waals surface area contributed by atoms with Crippen LogP contribution in [0.25, 0.3) is 0 Å². The molecule has 1 fully saturated rings. The Bertz CT molecular complexity index is 656. The molecule has 2 atom stereocenters. The van der Waals surface area contributed by atoms with E-state index in [-0.39, 0.29) is 11.9 Å². The molecule has 0 bridgehead atoms. The first-order valence-corrected chi connectivity index (χ1v) is 8.02. The summed E-state index contributed by atoms with van der Waals surface area (Å²) < 4.78 is 0. The first-order chi connectivity index (χ1) is 11.1. The third kappa shape index (κ3) is 3.74. The van der Waals surface area contributed by atoms with Crippen LogP contribution in [-0.4, -0.2) is 39.9 Å². The van der Waals surface area contributed by atoms with Gasteiger partial charge in [0.2, 0.25) is 0 Å². The maximum Gasteiger partial charge on any atom is 0.271 e. The molecule has 0 unspecified atom stereocenters. The quantitative estimate of drug-likeness (QED) is 0.942. The number of hydrogen-bond donors (Lipinski definition) is 1. The molecule has 0 spiro atoms. The number of aryl methyl sites for hydroxylation is 1. The third-order valence-corrected chi connectivity index (χ3v) is 4.40. The molecule has 1 saturated heterocycles. The lowest BCUT2D eigenvalue weighted by Crippen LogP contribution is -2.38. The Morgan fingerprint density at radius 1 is 1.26 bits per heavy atom. The van der Waals surface area contributed by atoms with Gasteiger partial charge in [0, 0.05) is 31.4 Å². The van der Waals surface area contributed by atoms with E-state index in [4.69, 9.17) is 0 Å². The van der Waals surface area contributed by atoms with E-state index in [9.17, 15) is 4.79 Å². The highest BCUT2D eigenvalue weighted by Crippen LogP contribution is 2.24. The molecule has 1 aliphatic rings. The number of benzene rings is 1. The average Bonchev–Trinajstić information content (AvgIpc) is 3.04. The van der Waals surface area contributed by atoms with E-state index in [1.54, 1.807) is 6.20 Å². The van der Waals surface area contributed by atoms with Gasteiger partial charge in [-0.15, -0.1) is 0 Å². The van der Waals surface area contributed by atoms with E-state index >= 15 is 0 Å². The third-order valence-electron chi connectivity index (χ3n) is 4.40. The van der Waals surface area contributed by atoms with Crippen molar-refractivity contribution < 1.29 is 4.79 Å². The fourth-order valence-corrected chi connectivity index (χ4v) is 2.97. The number of nitrogens with one attached hydrogen (secondary N) is 1. The Labute approximate surface area is 136 Å². The molecular formula is C18H22N4O. The summed E-state index contributed by atoms with van der Waals surface area (Å²) in [5.41, 5.74) is 2.50. The minimum Gasteiger partial charge on any atom is -0.347 e. The molecule has 1 aliphatic heterocycles. The van der Waals surface area contributed by atoms with Gasteiger partial charge in [0.25, 0.3) is 5.91 Å². The zero-order valence-corrected chi connectivity index (χ0v) is 13.6. The normalized spacial score (nSPS) is 19.5. The van der Waals surface area contributed by atoms with E-state index in [1.807, 2.05) is 13.0 Å². The van der Waals surface area contributed by atoms with Crippen molar-refractivity contribution in [3.8, 4) is 0 Å². The molecule has 3 rings (SSSR count).